The molecule has 2 heteroatoms. The highest BCUT2D eigenvalue weighted by atomic mass is 32.1. The maximum Gasteiger partial charge on any atom is 0.0648 e. The van der Waals surface area contributed by atoms with Gasteiger partial charge in [-0.3, -0.25) is 0 Å². The Balaban J connectivity index is 1.95. The molecule has 0 spiro atoms. The van der Waals surface area contributed by atoms with E-state index >= 15 is 0 Å². The van der Waals surface area contributed by atoms with Gasteiger partial charge in [0.2, 0.25) is 0 Å². The Labute approximate surface area is 113 Å². The number of nitrogens with two attached hydrogens (primary N) is 1. The van der Waals surface area contributed by atoms with Crippen LogP contribution in [0.4, 0.5) is 0 Å². The van der Waals surface area contributed by atoms with Crippen LogP contribution in [-0.2, 0) is 0 Å². The standard InChI is InChI=1S/C16H19NS/c1-11-9-10-15(18-11)16(17)14-8-3-2-7-13(14)12-5-4-6-12/h2-3,7-10,12,16H,4-6,17H2,1H3. The van der Waals surface area contributed by atoms with Crippen LogP contribution in [0, 0.1) is 6.92 Å². The van der Waals surface area contributed by atoms with Gasteiger partial charge in [0.1, 0.15) is 0 Å². The molecule has 1 aliphatic rings. The van der Waals surface area contributed by atoms with Crippen molar-refractivity contribution in [3.63, 3.8) is 0 Å². The Morgan fingerprint density at radius 2 is 1.94 bits per heavy atom. The van der Waals surface area contributed by atoms with E-state index in [1.807, 2.05) is 11.3 Å². The van der Waals surface area contributed by atoms with Crippen LogP contribution in [0.5, 0.6) is 0 Å². The first-order valence-electron chi connectivity index (χ1n) is 6.66. The molecule has 3 rings (SSSR count). The highest BCUT2D eigenvalue weighted by Gasteiger charge is 2.24. The molecule has 1 heterocycles. The molecule has 2 N–H and O–H groups in total. The highest BCUT2D eigenvalue weighted by Crippen LogP contribution is 2.40. The molecule has 0 amide bonds. The van der Waals surface area contributed by atoms with E-state index in [1.54, 1.807) is 0 Å². The summed E-state index contributed by atoms with van der Waals surface area (Å²) in [5.41, 5.74) is 9.26. The number of hydrogen-bond donors (Lipinski definition) is 1. The quantitative estimate of drug-likeness (QED) is 0.868. The minimum atomic E-state index is 0.0421. The molecule has 0 bridgehead atoms. The lowest BCUT2D eigenvalue weighted by atomic mass is 9.77. The molecule has 0 aliphatic heterocycles. The fourth-order valence-electron chi connectivity index (χ4n) is 2.66. The monoisotopic (exact) mass is 257 g/mol. The summed E-state index contributed by atoms with van der Waals surface area (Å²) in [5, 5.41) is 0. The van der Waals surface area contributed by atoms with Crippen LogP contribution in [0.1, 0.15) is 52.1 Å². The minimum Gasteiger partial charge on any atom is -0.320 e. The van der Waals surface area contributed by atoms with Crippen LogP contribution in [0.15, 0.2) is 36.4 Å². The lowest BCUT2D eigenvalue weighted by Gasteiger charge is -2.29. The first-order chi connectivity index (χ1) is 8.75. The maximum atomic E-state index is 6.46. The molecule has 0 radical (unpaired) electrons. The van der Waals surface area contributed by atoms with Crippen LogP contribution in [0.3, 0.4) is 0 Å². The lowest BCUT2D eigenvalue weighted by Crippen LogP contribution is -2.17. The number of thiophene rings is 1. The van der Waals surface area contributed by atoms with E-state index in [0.29, 0.717) is 0 Å². The van der Waals surface area contributed by atoms with Crippen molar-refractivity contribution >= 4 is 11.3 Å². The molecule has 1 atom stereocenters. The number of rotatable bonds is 3. The highest BCUT2D eigenvalue weighted by molar-refractivity contribution is 7.12. The van der Waals surface area contributed by atoms with E-state index in [2.05, 4.69) is 43.3 Å². The average molecular weight is 257 g/mol. The van der Waals surface area contributed by atoms with E-state index in [9.17, 15) is 0 Å². The molecule has 94 valence electrons. The van der Waals surface area contributed by atoms with Crippen LogP contribution in [0.2, 0.25) is 0 Å². The lowest BCUT2D eigenvalue weighted by molar-refractivity contribution is 0.416. The van der Waals surface area contributed by atoms with Gasteiger partial charge in [-0.15, -0.1) is 11.3 Å². The summed E-state index contributed by atoms with van der Waals surface area (Å²) in [6.07, 6.45) is 4.02. The topological polar surface area (TPSA) is 26.0 Å². The summed E-state index contributed by atoms with van der Waals surface area (Å²) < 4.78 is 0. The third-order valence-electron chi connectivity index (χ3n) is 3.94. The van der Waals surface area contributed by atoms with Gasteiger partial charge in [0.15, 0.2) is 0 Å². The van der Waals surface area contributed by atoms with Crippen molar-refractivity contribution in [3.8, 4) is 0 Å². The Morgan fingerprint density at radius 1 is 1.17 bits per heavy atom. The van der Waals surface area contributed by atoms with Crippen LogP contribution in [-0.4, -0.2) is 0 Å². The normalized spacial score (nSPS) is 17.4. The van der Waals surface area contributed by atoms with Gasteiger partial charge in [0, 0.05) is 9.75 Å². The van der Waals surface area contributed by atoms with Crippen molar-refractivity contribution < 1.29 is 0 Å². The van der Waals surface area contributed by atoms with Gasteiger partial charge < -0.3 is 5.73 Å². The van der Waals surface area contributed by atoms with Crippen LogP contribution in [0.25, 0.3) is 0 Å². The van der Waals surface area contributed by atoms with E-state index in [4.69, 9.17) is 5.73 Å². The Kier molecular flexibility index (Phi) is 3.23. The second-order valence-electron chi connectivity index (χ2n) is 5.18. The van der Waals surface area contributed by atoms with Gasteiger partial charge >= 0.3 is 0 Å². The molecule has 1 saturated carbocycles. The second kappa shape index (κ2) is 4.87. The Bertz CT molecular complexity index is 540. The van der Waals surface area contributed by atoms with Crippen molar-refractivity contribution in [2.45, 2.75) is 38.1 Å². The summed E-state index contributed by atoms with van der Waals surface area (Å²) in [4.78, 5) is 2.61. The van der Waals surface area contributed by atoms with Crippen molar-refractivity contribution in [1.29, 1.82) is 0 Å². The first-order valence-corrected chi connectivity index (χ1v) is 7.48. The number of benzene rings is 1. The SMILES string of the molecule is Cc1ccc(C(N)c2ccccc2C2CCC2)s1. The van der Waals surface area contributed by atoms with Crippen molar-refractivity contribution in [3.05, 3.63) is 57.3 Å². The van der Waals surface area contributed by atoms with Gasteiger partial charge in [0.05, 0.1) is 6.04 Å². The van der Waals surface area contributed by atoms with Gasteiger partial charge in [-0.2, -0.15) is 0 Å². The van der Waals surface area contributed by atoms with E-state index in [0.717, 1.165) is 5.92 Å². The molecular formula is C16H19NS. The van der Waals surface area contributed by atoms with E-state index in [-0.39, 0.29) is 6.04 Å². The van der Waals surface area contributed by atoms with Crippen molar-refractivity contribution in [2.24, 2.45) is 5.73 Å². The molecule has 1 nitrogen and oxygen atoms in total. The molecule has 2 aromatic rings. The molecular weight excluding hydrogens is 238 g/mol. The van der Waals surface area contributed by atoms with Crippen molar-refractivity contribution in [2.75, 3.05) is 0 Å². The first kappa shape index (κ1) is 11.9. The molecule has 0 saturated heterocycles. The third kappa shape index (κ3) is 2.11. The smallest absolute Gasteiger partial charge is 0.0648 e. The summed E-state index contributed by atoms with van der Waals surface area (Å²) >= 11 is 1.81. The fraction of sp³-hybridized carbons (Fsp3) is 0.375. The van der Waals surface area contributed by atoms with Gasteiger partial charge in [0.25, 0.3) is 0 Å². The number of hydrogen-bond acceptors (Lipinski definition) is 2. The summed E-state index contributed by atoms with van der Waals surface area (Å²) in [5.74, 6) is 0.744. The number of aryl methyl sites for hydroxylation is 1. The zero-order valence-electron chi connectivity index (χ0n) is 10.7. The summed E-state index contributed by atoms with van der Waals surface area (Å²) in [6, 6.07) is 13.1. The predicted octanol–water partition coefficient (Wildman–Crippen LogP) is 4.37. The van der Waals surface area contributed by atoms with Gasteiger partial charge in [-0.25, -0.2) is 0 Å². The second-order valence-corrected chi connectivity index (χ2v) is 6.50. The summed E-state index contributed by atoms with van der Waals surface area (Å²) in [6.45, 7) is 2.14. The molecule has 1 aromatic heterocycles. The predicted molar refractivity (Wildman–Crippen MR) is 78.1 cm³/mol. The fourth-order valence-corrected chi connectivity index (χ4v) is 3.56. The molecule has 1 unspecified atom stereocenters. The summed E-state index contributed by atoms with van der Waals surface area (Å²) in [7, 11) is 0. The Morgan fingerprint density at radius 3 is 2.56 bits per heavy atom. The van der Waals surface area contributed by atoms with Gasteiger partial charge in [-0.05, 0) is 48.9 Å². The minimum absolute atomic E-state index is 0.0421. The largest absolute Gasteiger partial charge is 0.320 e. The zero-order chi connectivity index (χ0) is 12.5. The molecule has 1 aromatic carbocycles. The maximum absolute atomic E-state index is 6.46. The third-order valence-corrected chi connectivity index (χ3v) is 5.03. The van der Waals surface area contributed by atoms with E-state index in [1.165, 1.54) is 40.1 Å². The van der Waals surface area contributed by atoms with Crippen LogP contribution >= 0.6 is 11.3 Å². The molecule has 18 heavy (non-hydrogen) atoms. The van der Waals surface area contributed by atoms with Crippen LogP contribution < -0.4 is 5.73 Å². The average Bonchev–Trinajstić information content (AvgIpc) is 2.74. The Hall–Kier alpha value is -1.12. The van der Waals surface area contributed by atoms with E-state index < -0.39 is 0 Å². The molecule has 1 aliphatic carbocycles. The van der Waals surface area contributed by atoms with Crippen molar-refractivity contribution in [1.82, 2.24) is 0 Å². The van der Waals surface area contributed by atoms with Gasteiger partial charge in [-0.1, -0.05) is 30.7 Å². The molecule has 1 fully saturated rings. The zero-order valence-corrected chi connectivity index (χ0v) is 11.5.